The van der Waals surface area contributed by atoms with Gasteiger partial charge in [0, 0.05) is 41.4 Å². The molecule has 2 aromatic carbocycles. The molecule has 3 aromatic rings. The Balaban J connectivity index is 1.57. The molecule has 0 unspecified atom stereocenters. The summed E-state index contributed by atoms with van der Waals surface area (Å²) in [5.74, 6) is 0.0144. The number of hydrogen-bond acceptors (Lipinski definition) is 2. The number of carbonyl (C=O) groups excluding carboxylic acids is 2. The lowest BCUT2D eigenvalue weighted by Crippen LogP contribution is -2.24. The number of nitrogens with one attached hydrogen (secondary N) is 2. The predicted molar refractivity (Wildman–Crippen MR) is 99.0 cm³/mol. The minimum absolute atomic E-state index is 0.151. The van der Waals surface area contributed by atoms with Crippen LogP contribution in [0, 0.1) is 6.92 Å². The van der Waals surface area contributed by atoms with E-state index in [0.717, 1.165) is 40.8 Å². The number of aromatic nitrogens is 1. The van der Waals surface area contributed by atoms with Gasteiger partial charge in [-0.3, -0.25) is 9.59 Å². The van der Waals surface area contributed by atoms with E-state index >= 15 is 0 Å². The van der Waals surface area contributed by atoms with E-state index in [2.05, 4.69) is 10.3 Å². The fourth-order valence-corrected chi connectivity index (χ4v) is 3.40. The molecule has 0 atom stereocenters. The number of anilines is 2. The summed E-state index contributed by atoms with van der Waals surface area (Å²) in [5.41, 5.74) is 4.18. The first-order valence-corrected chi connectivity index (χ1v) is 8.42. The van der Waals surface area contributed by atoms with Crippen LogP contribution in [0.25, 0.3) is 10.9 Å². The van der Waals surface area contributed by atoms with Crippen LogP contribution in [0.5, 0.6) is 0 Å². The normalized spacial score (nSPS) is 14.3. The lowest BCUT2D eigenvalue weighted by atomic mass is 10.1. The van der Waals surface area contributed by atoms with E-state index in [-0.39, 0.29) is 11.8 Å². The maximum Gasteiger partial charge on any atom is 0.257 e. The lowest BCUT2D eigenvalue weighted by Gasteiger charge is -2.19. The standard InChI is InChI=1S/C20H19N3O2/c1-13-11-14(8-9-18(13)23-10-4-7-19(23)24)22-20(25)16-12-21-17-6-3-2-5-15(16)17/h2-3,5-6,8-9,11-12,21H,4,7,10H2,1H3,(H,22,25). The maximum absolute atomic E-state index is 12.6. The zero-order valence-corrected chi connectivity index (χ0v) is 14.0. The third-order valence-electron chi connectivity index (χ3n) is 4.65. The molecule has 1 aliphatic rings. The largest absolute Gasteiger partial charge is 0.360 e. The van der Waals surface area contributed by atoms with Crippen LogP contribution in [0.1, 0.15) is 28.8 Å². The van der Waals surface area contributed by atoms with Crippen molar-refractivity contribution < 1.29 is 9.59 Å². The first kappa shape index (κ1) is 15.4. The van der Waals surface area contributed by atoms with Crippen molar-refractivity contribution in [2.24, 2.45) is 0 Å². The molecule has 2 N–H and O–H groups in total. The second-order valence-corrected chi connectivity index (χ2v) is 6.35. The Morgan fingerprint density at radius 2 is 2.04 bits per heavy atom. The van der Waals surface area contributed by atoms with Gasteiger partial charge in [0.25, 0.3) is 5.91 Å². The molecule has 25 heavy (non-hydrogen) atoms. The van der Waals surface area contributed by atoms with E-state index in [4.69, 9.17) is 0 Å². The van der Waals surface area contributed by atoms with Crippen LogP contribution in [0.3, 0.4) is 0 Å². The fourth-order valence-electron chi connectivity index (χ4n) is 3.40. The lowest BCUT2D eigenvalue weighted by molar-refractivity contribution is -0.117. The van der Waals surface area contributed by atoms with Crippen molar-refractivity contribution in [2.75, 3.05) is 16.8 Å². The van der Waals surface area contributed by atoms with Crippen molar-refractivity contribution in [1.29, 1.82) is 0 Å². The van der Waals surface area contributed by atoms with Crippen molar-refractivity contribution in [3.8, 4) is 0 Å². The van der Waals surface area contributed by atoms with Gasteiger partial charge in [0.15, 0.2) is 0 Å². The van der Waals surface area contributed by atoms with Crippen molar-refractivity contribution in [1.82, 2.24) is 4.98 Å². The number of nitrogens with zero attached hydrogens (tertiary/aromatic N) is 1. The molecule has 0 radical (unpaired) electrons. The highest BCUT2D eigenvalue weighted by molar-refractivity contribution is 6.12. The summed E-state index contributed by atoms with van der Waals surface area (Å²) in [7, 11) is 0. The van der Waals surface area contributed by atoms with E-state index in [9.17, 15) is 9.59 Å². The fraction of sp³-hybridized carbons (Fsp3) is 0.200. The Morgan fingerprint density at radius 3 is 2.80 bits per heavy atom. The zero-order chi connectivity index (χ0) is 17.4. The predicted octanol–water partition coefficient (Wildman–Crippen LogP) is 3.86. The second kappa shape index (κ2) is 6.09. The number of benzene rings is 2. The van der Waals surface area contributed by atoms with Crippen molar-refractivity contribution in [3.63, 3.8) is 0 Å². The van der Waals surface area contributed by atoms with E-state index in [1.54, 1.807) is 6.20 Å². The third-order valence-corrected chi connectivity index (χ3v) is 4.65. The molecule has 2 heterocycles. The minimum Gasteiger partial charge on any atom is -0.360 e. The number of para-hydroxylation sites is 1. The molecular weight excluding hydrogens is 314 g/mol. The second-order valence-electron chi connectivity index (χ2n) is 6.35. The number of aromatic amines is 1. The monoisotopic (exact) mass is 333 g/mol. The molecular formula is C20H19N3O2. The van der Waals surface area contributed by atoms with Crippen LogP contribution >= 0.6 is 0 Å². The average Bonchev–Trinajstić information content (AvgIpc) is 3.21. The highest BCUT2D eigenvalue weighted by Crippen LogP contribution is 2.28. The Labute approximate surface area is 145 Å². The molecule has 126 valence electrons. The summed E-state index contributed by atoms with van der Waals surface area (Å²) in [4.78, 5) is 29.5. The number of H-pyrrole nitrogens is 1. The van der Waals surface area contributed by atoms with Gasteiger partial charge in [-0.25, -0.2) is 0 Å². The van der Waals surface area contributed by atoms with E-state index in [1.165, 1.54) is 0 Å². The first-order chi connectivity index (χ1) is 12.1. The summed E-state index contributed by atoms with van der Waals surface area (Å²) in [5, 5.41) is 3.84. The van der Waals surface area contributed by atoms with E-state index in [1.807, 2.05) is 54.3 Å². The van der Waals surface area contributed by atoms with Gasteiger partial charge in [-0.05, 0) is 43.2 Å². The average molecular weight is 333 g/mol. The summed E-state index contributed by atoms with van der Waals surface area (Å²) < 4.78 is 0. The molecule has 4 rings (SSSR count). The Kier molecular flexibility index (Phi) is 3.76. The first-order valence-electron chi connectivity index (χ1n) is 8.42. The quantitative estimate of drug-likeness (QED) is 0.764. The summed E-state index contributed by atoms with van der Waals surface area (Å²) in [6.45, 7) is 2.73. The van der Waals surface area contributed by atoms with Gasteiger partial charge in [0.1, 0.15) is 0 Å². The number of fused-ring (bicyclic) bond motifs is 1. The summed E-state index contributed by atoms with van der Waals surface area (Å²) in [6.07, 6.45) is 3.24. The maximum atomic E-state index is 12.6. The molecule has 0 aliphatic carbocycles. The third kappa shape index (κ3) is 2.78. The van der Waals surface area contributed by atoms with Crippen molar-refractivity contribution in [2.45, 2.75) is 19.8 Å². The number of rotatable bonds is 3. The Morgan fingerprint density at radius 1 is 1.20 bits per heavy atom. The Bertz CT molecular complexity index is 974. The molecule has 5 nitrogen and oxygen atoms in total. The molecule has 1 aliphatic heterocycles. The van der Waals surface area contributed by atoms with E-state index < -0.39 is 0 Å². The highest BCUT2D eigenvalue weighted by Gasteiger charge is 2.23. The molecule has 2 amide bonds. The van der Waals surface area contributed by atoms with Crippen molar-refractivity contribution in [3.05, 3.63) is 59.8 Å². The van der Waals surface area contributed by atoms with Gasteiger partial charge in [-0.2, -0.15) is 0 Å². The smallest absolute Gasteiger partial charge is 0.257 e. The van der Waals surface area contributed by atoms with Crippen LogP contribution in [0.15, 0.2) is 48.7 Å². The summed E-state index contributed by atoms with van der Waals surface area (Å²) >= 11 is 0. The molecule has 0 spiro atoms. The number of amides is 2. The van der Waals surface area contributed by atoms with Gasteiger partial charge < -0.3 is 15.2 Å². The van der Waals surface area contributed by atoms with Gasteiger partial charge >= 0.3 is 0 Å². The SMILES string of the molecule is Cc1cc(NC(=O)c2c[nH]c3ccccc23)ccc1N1CCCC1=O. The van der Waals surface area contributed by atoms with Gasteiger partial charge in [0.05, 0.1) is 5.56 Å². The highest BCUT2D eigenvalue weighted by atomic mass is 16.2. The van der Waals surface area contributed by atoms with Gasteiger partial charge in [-0.1, -0.05) is 18.2 Å². The molecule has 5 heteroatoms. The van der Waals surface area contributed by atoms with Crippen LogP contribution in [-0.2, 0) is 4.79 Å². The molecule has 1 aromatic heterocycles. The topological polar surface area (TPSA) is 65.2 Å². The van der Waals surface area contributed by atoms with Crippen molar-refractivity contribution >= 4 is 34.1 Å². The number of aryl methyl sites for hydroxylation is 1. The Hall–Kier alpha value is -3.08. The molecule has 1 fully saturated rings. The van der Waals surface area contributed by atoms with Crippen LogP contribution in [0.4, 0.5) is 11.4 Å². The van der Waals surface area contributed by atoms with Crippen LogP contribution < -0.4 is 10.2 Å². The van der Waals surface area contributed by atoms with Gasteiger partial charge in [0.2, 0.25) is 5.91 Å². The summed E-state index contributed by atoms with van der Waals surface area (Å²) in [6, 6.07) is 13.4. The van der Waals surface area contributed by atoms with Gasteiger partial charge in [-0.15, -0.1) is 0 Å². The number of hydrogen-bond donors (Lipinski definition) is 2. The molecule has 1 saturated heterocycles. The molecule has 0 saturated carbocycles. The van der Waals surface area contributed by atoms with E-state index in [0.29, 0.717) is 12.0 Å². The van der Waals surface area contributed by atoms with Crippen LogP contribution in [-0.4, -0.2) is 23.3 Å². The number of carbonyl (C=O) groups is 2. The minimum atomic E-state index is -0.151. The van der Waals surface area contributed by atoms with Crippen LogP contribution in [0.2, 0.25) is 0 Å². The zero-order valence-electron chi connectivity index (χ0n) is 14.0. The molecule has 0 bridgehead atoms.